The fourth-order valence-electron chi connectivity index (χ4n) is 1.79. The molecular weight excluding hydrogens is 247 g/mol. The SMILES string of the molecule is Cc1cc(F)ccc1Nc1c(N)cccc1C(=O)O. The number of hydrogen-bond acceptors (Lipinski definition) is 3. The third kappa shape index (κ3) is 2.65. The van der Waals surface area contributed by atoms with Crippen molar-refractivity contribution in [1.82, 2.24) is 0 Å². The highest BCUT2D eigenvalue weighted by molar-refractivity contribution is 5.98. The molecule has 0 bridgehead atoms. The van der Waals surface area contributed by atoms with Gasteiger partial charge in [0, 0.05) is 5.69 Å². The first-order chi connectivity index (χ1) is 8.99. The van der Waals surface area contributed by atoms with Gasteiger partial charge >= 0.3 is 5.97 Å². The minimum atomic E-state index is -1.07. The van der Waals surface area contributed by atoms with E-state index in [9.17, 15) is 9.18 Å². The number of para-hydroxylation sites is 1. The number of anilines is 3. The predicted molar refractivity (Wildman–Crippen MR) is 72.2 cm³/mol. The molecule has 0 spiro atoms. The average molecular weight is 260 g/mol. The van der Waals surface area contributed by atoms with Crippen molar-refractivity contribution in [2.45, 2.75) is 6.92 Å². The quantitative estimate of drug-likeness (QED) is 0.741. The van der Waals surface area contributed by atoms with Crippen LogP contribution in [0.2, 0.25) is 0 Å². The summed E-state index contributed by atoms with van der Waals surface area (Å²) in [7, 11) is 0. The Morgan fingerprint density at radius 2 is 2.05 bits per heavy atom. The maximum absolute atomic E-state index is 13.0. The summed E-state index contributed by atoms with van der Waals surface area (Å²) < 4.78 is 13.0. The van der Waals surface area contributed by atoms with Gasteiger partial charge in [-0.15, -0.1) is 0 Å². The number of halogens is 1. The molecule has 0 saturated heterocycles. The van der Waals surface area contributed by atoms with Crippen LogP contribution in [0.25, 0.3) is 0 Å². The number of carbonyl (C=O) groups is 1. The summed E-state index contributed by atoms with van der Waals surface area (Å²) in [6.07, 6.45) is 0. The molecule has 2 rings (SSSR count). The Labute approximate surface area is 109 Å². The topological polar surface area (TPSA) is 75.3 Å². The molecule has 4 N–H and O–H groups in total. The molecule has 2 aromatic rings. The second kappa shape index (κ2) is 4.97. The van der Waals surface area contributed by atoms with Crippen LogP contribution in [0.5, 0.6) is 0 Å². The molecule has 0 aromatic heterocycles. The molecule has 98 valence electrons. The molecule has 0 aliphatic carbocycles. The van der Waals surface area contributed by atoms with Crippen LogP contribution in [0, 0.1) is 12.7 Å². The van der Waals surface area contributed by atoms with Crippen LogP contribution in [0.1, 0.15) is 15.9 Å². The van der Waals surface area contributed by atoms with Crippen LogP contribution in [-0.2, 0) is 0 Å². The molecule has 0 heterocycles. The smallest absolute Gasteiger partial charge is 0.337 e. The molecule has 0 unspecified atom stereocenters. The molecule has 0 amide bonds. The van der Waals surface area contributed by atoms with E-state index in [4.69, 9.17) is 10.8 Å². The van der Waals surface area contributed by atoms with Crippen LogP contribution in [0.4, 0.5) is 21.5 Å². The number of carboxylic acid groups (broad SMARTS) is 1. The zero-order chi connectivity index (χ0) is 14.0. The van der Waals surface area contributed by atoms with Crippen LogP contribution in [0.3, 0.4) is 0 Å². The largest absolute Gasteiger partial charge is 0.478 e. The maximum atomic E-state index is 13.0. The van der Waals surface area contributed by atoms with Crippen molar-refractivity contribution < 1.29 is 14.3 Å². The van der Waals surface area contributed by atoms with Crippen LogP contribution in [-0.4, -0.2) is 11.1 Å². The zero-order valence-electron chi connectivity index (χ0n) is 10.3. The van der Waals surface area contributed by atoms with E-state index in [2.05, 4.69) is 5.32 Å². The van der Waals surface area contributed by atoms with Gasteiger partial charge in [0.25, 0.3) is 0 Å². The zero-order valence-corrected chi connectivity index (χ0v) is 10.3. The minimum Gasteiger partial charge on any atom is -0.478 e. The summed E-state index contributed by atoms with van der Waals surface area (Å²) in [6.45, 7) is 1.73. The Morgan fingerprint density at radius 1 is 1.32 bits per heavy atom. The van der Waals surface area contributed by atoms with E-state index in [1.165, 1.54) is 18.2 Å². The standard InChI is InChI=1S/C14H13FN2O2/c1-8-7-9(15)5-6-12(8)17-13-10(14(18)19)3-2-4-11(13)16/h2-7,17H,16H2,1H3,(H,18,19). The number of aromatic carboxylic acids is 1. The van der Waals surface area contributed by atoms with Crippen molar-refractivity contribution in [3.8, 4) is 0 Å². The van der Waals surface area contributed by atoms with Crippen molar-refractivity contribution in [3.63, 3.8) is 0 Å². The summed E-state index contributed by atoms with van der Waals surface area (Å²) in [6, 6.07) is 8.84. The highest BCUT2D eigenvalue weighted by Crippen LogP contribution is 2.29. The Kier molecular flexibility index (Phi) is 3.37. The van der Waals surface area contributed by atoms with Gasteiger partial charge in [-0.2, -0.15) is 0 Å². The van der Waals surface area contributed by atoms with E-state index in [1.807, 2.05) is 0 Å². The van der Waals surface area contributed by atoms with E-state index >= 15 is 0 Å². The highest BCUT2D eigenvalue weighted by atomic mass is 19.1. The van der Waals surface area contributed by atoms with Crippen LogP contribution < -0.4 is 11.1 Å². The molecule has 4 nitrogen and oxygen atoms in total. The first kappa shape index (κ1) is 12.9. The van der Waals surface area contributed by atoms with Crippen molar-refractivity contribution in [2.24, 2.45) is 0 Å². The Balaban J connectivity index is 2.46. The molecule has 0 aliphatic rings. The monoisotopic (exact) mass is 260 g/mol. The lowest BCUT2D eigenvalue weighted by molar-refractivity contribution is 0.0698. The number of nitrogens with two attached hydrogens (primary N) is 1. The minimum absolute atomic E-state index is 0.0729. The molecule has 0 aliphatic heterocycles. The lowest BCUT2D eigenvalue weighted by Gasteiger charge is -2.14. The molecule has 0 radical (unpaired) electrons. The summed E-state index contributed by atoms with van der Waals surface area (Å²) in [4.78, 5) is 11.1. The first-order valence-electron chi connectivity index (χ1n) is 5.64. The Morgan fingerprint density at radius 3 is 2.68 bits per heavy atom. The van der Waals surface area contributed by atoms with Gasteiger partial charge in [0.15, 0.2) is 0 Å². The fraction of sp³-hybridized carbons (Fsp3) is 0.0714. The average Bonchev–Trinajstić information content (AvgIpc) is 2.34. The number of aryl methyl sites for hydroxylation is 1. The van der Waals surface area contributed by atoms with Crippen LogP contribution in [0.15, 0.2) is 36.4 Å². The third-order valence-electron chi connectivity index (χ3n) is 2.78. The lowest BCUT2D eigenvalue weighted by Crippen LogP contribution is -2.06. The number of rotatable bonds is 3. The Bertz CT molecular complexity index is 641. The summed E-state index contributed by atoms with van der Waals surface area (Å²) in [5, 5.41) is 12.1. The second-order valence-electron chi connectivity index (χ2n) is 4.16. The maximum Gasteiger partial charge on any atom is 0.337 e. The van der Waals surface area contributed by atoms with E-state index < -0.39 is 5.97 Å². The number of nitrogen functional groups attached to an aromatic ring is 1. The molecule has 5 heteroatoms. The molecule has 0 fully saturated rings. The normalized spacial score (nSPS) is 10.2. The van der Waals surface area contributed by atoms with E-state index in [-0.39, 0.29) is 11.4 Å². The number of carboxylic acids is 1. The van der Waals surface area contributed by atoms with E-state index in [0.29, 0.717) is 22.6 Å². The number of benzene rings is 2. The van der Waals surface area contributed by atoms with Gasteiger partial charge in [0.05, 0.1) is 16.9 Å². The van der Waals surface area contributed by atoms with Crippen molar-refractivity contribution in [2.75, 3.05) is 11.1 Å². The lowest BCUT2D eigenvalue weighted by atomic mass is 10.1. The van der Waals surface area contributed by atoms with Gasteiger partial charge in [0.2, 0.25) is 0 Å². The second-order valence-corrected chi connectivity index (χ2v) is 4.16. The van der Waals surface area contributed by atoms with Crippen molar-refractivity contribution >= 4 is 23.0 Å². The molecule has 2 aromatic carbocycles. The van der Waals surface area contributed by atoms with Crippen LogP contribution >= 0.6 is 0 Å². The van der Waals surface area contributed by atoms with E-state index in [0.717, 1.165) is 0 Å². The Hall–Kier alpha value is -2.56. The highest BCUT2D eigenvalue weighted by Gasteiger charge is 2.13. The fourth-order valence-corrected chi connectivity index (χ4v) is 1.79. The number of nitrogens with one attached hydrogen (secondary N) is 1. The third-order valence-corrected chi connectivity index (χ3v) is 2.78. The summed E-state index contributed by atoms with van der Waals surface area (Å²) in [5.74, 6) is -1.42. The van der Waals surface area contributed by atoms with Gasteiger partial charge in [-0.3, -0.25) is 0 Å². The van der Waals surface area contributed by atoms with Crippen molar-refractivity contribution in [1.29, 1.82) is 0 Å². The summed E-state index contributed by atoms with van der Waals surface area (Å²) >= 11 is 0. The van der Waals surface area contributed by atoms with Gasteiger partial charge in [-0.1, -0.05) is 6.07 Å². The van der Waals surface area contributed by atoms with Gasteiger partial charge in [-0.25, -0.2) is 9.18 Å². The summed E-state index contributed by atoms with van der Waals surface area (Å²) in [5.41, 5.74) is 7.77. The molecule has 0 saturated carbocycles. The predicted octanol–water partition coefficient (Wildman–Crippen LogP) is 3.16. The van der Waals surface area contributed by atoms with Gasteiger partial charge in [-0.05, 0) is 42.8 Å². The van der Waals surface area contributed by atoms with E-state index in [1.54, 1.807) is 25.1 Å². The van der Waals surface area contributed by atoms with Crippen molar-refractivity contribution in [3.05, 3.63) is 53.3 Å². The molecule has 19 heavy (non-hydrogen) atoms. The van der Waals surface area contributed by atoms with Gasteiger partial charge in [0.1, 0.15) is 5.82 Å². The van der Waals surface area contributed by atoms with Gasteiger partial charge < -0.3 is 16.2 Å². The molecular formula is C14H13FN2O2. The first-order valence-corrected chi connectivity index (χ1v) is 5.64. The molecule has 0 atom stereocenters. The number of hydrogen-bond donors (Lipinski definition) is 3.